The second-order valence-corrected chi connectivity index (χ2v) is 31.9. The Morgan fingerprint density at radius 3 is 0.708 bits per heavy atom. The summed E-state index contributed by atoms with van der Waals surface area (Å²) < 4.78 is 0. The molecule has 0 bridgehead atoms. The molecular formula is C96H82. The largest absolute Gasteiger partial charge is 0.0717 e. The van der Waals surface area contributed by atoms with Crippen LogP contribution < -0.4 is 0 Å². The third kappa shape index (κ3) is 8.73. The second-order valence-electron chi connectivity index (χ2n) is 31.9. The summed E-state index contributed by atoms with van der Waals surface area (Å²) in [4.78, 5) is 0. The quantitative estimate of drug-likeness (QED) is 0.146. The fourth-order valence-electron chi connectivity index (χ4n) is 17.4. The molecule has 0 atom stereocenters. The number of fused-ring (bicyclic) bond motifs is 17. The van der Waals surface area contributed by atoms with Gasteiger partial charge in [-0.2, -0.15) is 0 Å². The number of hydrogen-bond acceptors (Lipinski definition) is 0. The number of hydrogen-bond donors (Lipinski definition) is 0. The van der Waals surface area contributed by atoms with Crippen molar-refractivity contribution in [2.24, 2.45) is 0 Å². The van der Waals surface area contributed by atoms with Crippen molar-refractivity contribution >= 4 is 64.6 Å². The minimum absolute atomic E-state index is 0.0857. The molecule has 15 aromatic rings. The lowest BCUT2D eigenvalue weighted by Gasteiger charge is -2.41. The van der Waals surface area contributed by atoms with Gasteiger partial charge in [-0.05, 0) is 222 Å². The van der Waals surface area contributed by atoms with Gasteiger partial charge >= 0.3 is 0 Å². The monoisotopic (exact) mass is 1230 g/mol. The predicted octanol–water partition coefficient (Wildman–Crippen LogP) is 25.9. The Balaban J connectivity index is 1.11. The summed E-state index contributed by atoms with van der Waals surface area (Å²) in [6.45, 7) is 28.2. The number of rotatable bonds is 6. The van der Waals surface area contributed by atoms with E-state index in [0.29, 0.717) is 0 Å². The summed E-state index contributed by atoms with van der Waals surface area (Å²) >= 11 is 0. The van der Waals surface area contributed by atoms with Crippen LogP contribution in [0.15, 0.2) is 279 Å². The van der Waals surface area contributed by atoms with Crippen molar-refractivity contribution < 1.29 is 0 Å². The highest BCUT2D eigenvalue weighted by molar-refractivity contribution is 6.21. The average molecular weight is 1240 g/mol. The Labute approximate surface area is 567 Å². The van der Waals surface area contributed by atoms with Gasteiger partial charge in [-0.15, -0.1) is 0 Å². The van der Waals surface area contributed by atoms with E-state index in [4.69, 9.17) is 0 Å². The normalized spacial score (nSPS) is 14.2. The summed E-state index contributed by atoms with van der Waals surface area (Å²) in [5, 5.41) is 15.0. The standard InChI is InChI=1S/C96H82/c1-91(2,3)61-37-45-65(46-38-61)95(66-47-39-62(40-48-66)92(4,5)6)85-57-83(81-55-59-25-13-15-27-69(59)71-29-17-19-31-73(71)81)75-33-21-23-35-77(75)87(85)79-53-54-80-88-78-36-24-22-34-76(78)84(82-56-60-26-14-16-28-70(60)72-30-18-20-32-74(72)82)58-86(88)96(90(80)89(79)95,67-49-41-63(42-50-67)93(7,8)9)68-51-43-64(44-52-68)94(10,11)12/h13-58H,1-12H3. The molecule has 0 fully saturated rings. The molecule has 0 radical (unpaired) electrons. The van der Waals surface area contributed by atoms with Crippen molar-refractivity contribution in [3.8, 4) is 44.5 Å². The Morgan fingerprint density at radius 1 is 0.198 bits per heavy atom. The van der Waals surface area contributed by atoms with Crippen molar-refractivity contribution in [3.05, 3.63) is 346 Å². The minimum Gasteiger partial charge on any atom is -0.0616 e. The van der Waals surface area contributed by atoms with E-state index in [-0.39, 0.29) is 21.7 Å². The third-order valence-electron chi connectivity index (χ3n) is 22.2. The summed E-state index contributed by atoms with van der Waals surface area (Å²) in [6.07, 6.45) is 0. The van der Waals surface area contributed by atoms with Gasteiger partial charge in [-0.3, -0.25) is 0 Å². The molecule has 0 saturated carbocycles. The highest BCUT2D eigenvalue weighted by Crippen LogP contribution is 2.68. The van der Waals surface area contributed by atoms with E-state index in [2.05, 4.69) is 362 Å². The molecule has 0 heteroatoms. The van der Waals surface area contributed by atoms with Gasteiger partial charge < -0.3 is 0 Å². The van der Waals surface area contributed by atoms with E-state index in [1.807, 2.05) is 0 Å². The summed E-state index contributed by atoms with van der Waals surface area (Å²) in [5.74, 6) is 0. The van der Waals surface area contributed by atoms with Gasteiger partial charge in [0.2, 0.25) is 0 Å². The summed E-state index contributed by atoms with van der Waals surface area (Å²) in [5.41, 5.74) is 23.5. The van der Waals surface area contributed by atoms with Gasteiger partial charge in [0.25, 0.3) is 0 Å². The van der Waals surface area contributed by atoms with E-state index in [9.17, 15) is 0 Å². The fraction of sp³-hybridized carbons (Fsp3) is 0.188. The zero-order valence-corrected chi connectivity index (χ0v) is 57.6. The molecule has 15 aromatic carbocycles. The Hall–Kier alpha value is -10.1. The summed E-state index contributed by atoms with van der Waals surface area (Å²) in [6, 6.07) is 110. The van der Waals surface area contributed by atoms with Crippen LogP contribution in [0.4, 0.5) is 0 Å². The maximum Gasteiger partial charge on any atom is 0.0717 e. The van der Waals surface area contributed by atoms with Gasteiger partial charge in [0.05, 0.1) is 10.8 Å². The van der Waals surface area contributed by atoms with Crippen molar-refractivity contribution in [2.45, 2.75) is 116 Å². The van der Waals surface area contributed by atoms with Gasteiger partial charge in [-0.25, -0.2) is 0 Å². The molecule has 17 rings (SSSR count). The van der Waals surface area contributed by atoms with Gasteiger partial charge in [0.15, 0.2) is 0 Å². The molecule has 0 nitrogen and oxygen atoms in total. The molecule has 0 heterocycles. The smallest absolute Gasteiger partial charge is 0.0616 e. The molecule has 0 spiro atoms. The predicted molar refractivity (Wildman–Crippen MR) is 412 cm³/mol. The van der Waals surface area contributed by atoms with Gasteiger partial charge in [0.1, 0.15) is 0 Å². The molecule has 0 aromatic heterocycles. The zero-order chi connectivity index (χ0) is 66.0. The van der Waals surface area contributed by atoms with Crippen molar-refractivity contribution in [1.82, 2.24) is 0 Å². The Bertz CT molecular complexity index is 5210. The fourth-order valence-corrected chi connectivity index (χ4v) is 17.4. The van der Waals surface area contributed by atoms with Crippen molar-refractivity contribution in [1.29, 1.82) is 0 Å². The van der Waals surface area contributed by atoms with Crippen LogP contribution in [0.2, 0.25) is 0 Å². The topological polar surface area (TPSA) is 0 Å². The Kier molecular flexibility index (Phi) is 13.1. The molecule has 0 saturated heterocycles. The first kappa shape index (κ1) is 59.6. The first-order chi connectivity index (χ1) is 46.1. The number of benzene rings is 15. The molecule has 96 heavy (non-hydrogen) atoms. The first-order valence-electron chi connectivity index (χ1n) is 34.7. The van der Waals surface area contributed by atoms with E-state index >= 15 is 0 Å². The lowest BCUT2D eigenvalue weighted by atomic mass is 9.59. The average Bonchev–Trinajstić information content (AvgIpc) is 1.48. The summed E-state index contributed by atoms with van der Waals surface area (Å²) in [7, 11) is 0. The van der Waals surface area contributed by atoms with Crippen LogP contribution in [-0.4, -0.2) is 0 Å². The van der Waals surface area contributed by atoms with E-state index < -0.39 is 10.8 Å². The SMILES string of the molecule is CC(C)(C)c1ccc(C2(c3ccc(C(C)(C)C)cc3)c3cc(-c4cc5ccccc5c5ccccc45)c4ccccc4c3-c3ccc4c(c32)C(c2ccc(C(C)(C)C)cc2)(c2ccc(C(C)(C)C)cc2)c2cc(-c3cc5ccccc5c5ccccc35)c3ccccc3c2-4)cc1. The molecule has 2 aliphatic carbocycles. The highest BCUT2D eigenvalue weighted by atomic mass is 14.6. The van der Waals surface area contributed by atoms with Crippen LogP contribution in [0.3, 0.4) is 0 Å². The maximum atomic E-state index is 2.67. The van der Waals surface area contributed by atoms with Crippen LogP contribution in [0.5, 0.6) is 0 Å². The molecule has 2 aliphatic rings. The molecule has 0 N–H and O–H groups in total. The zero-order valence-electron chi connectivity index (χ0n) is 57.6. The van der Waals surface area contributed by atoms with Crippen molar-refractivity contribution in [3.63, 3.8) is 0 Å². The van der Waals surface area contributed by atoms with E-state index in [1.54, 1.807) is 0 Å². The molecule has 0 unspecified atom stereocenters. The molecular weight excluding hydrogens is 1150 g/mol. The van der Waals surface area contributed by atoms with Gasteiger partial charge in [0, 0.05) is 0 Å². The Morgan fingerprint density at radius 2 is 0.427 bits per heavy atom. The lowest BCUT2D eigenvalue weighted by molar-refractivity contribution is 0.587. The van der Waals surface area contributed by atoms with E-state index in [1.165, 1.54) is 176 Å². The van der Waals surface area contributed by atoms with E-state index in [0.717, 1.165) is 0 Å². The minimum atomic E-state index is -0.897. The second kappa shape index (κ2) is 21.2. The highest BCUT2D eigenvalue weighted by Gasteiger charge is 2.57. The molecule has 466 valence electrons. The lowest BCUT2D eigenvalue weighted by Crippen LogP contribution is -2.36. The molecule has 0 amide bonds. The van der Waals surface area contributed by atoms with Crippen LogP contribution >= 0.6 is 0 Å². The first-order valence-corrected chi connectivity index (χ1v) is 34.7. The van der Waals surface area contributed by atoms with Crippen molar-refractivity contribution in [2.75, 3.05) is 0 Å². The van der Waals surface area contributed by atoms with Crippen LogP contribution in [0.25, 0.3) is 109 Å². The van der Waals surface area contributed by atoms with Crippen LogP contribution in [0.1, 0.15) is 150 Å². The maximum absolute atomic E-state index is 2.67. The van der Waals surface area contributed by atoms with Crippen LogP contribution in [0, 0.1) is 0 Å². The van der Waals surface area contributed by atoms with Gasteiger partial charge in [-0.1, -0.05) is 338 Å². The van der Waals surface area contributed by atoms with Crippen LogP contribution in [-0.2, 0) is 32.5 Å². The molecule has 0 aliphatic heterocycles. The third-order valence-corrected chi connectivity index (χ3v) is 22.2.